The van der Waals surface area contributed by atoms with E-state index in [1.165, 1.54) is 0 Å². The number of benzene rings is 1. The number of hydrogen-bond acceptors (Lipinski definition) is 3. The van der Waals surface area contributed by atoms with Gasteiger partial charge in [0, 0.05) is 19.2 Å². The van der Waals surface area contributed by atoms with E-state index < -0.39 is 0 Å². The van der Waals surface area contributed by atoms with Crippen molar-refractivity contribution in [3.63, 3.8) is 0 Å². The van der Waals surface area contributed by atoms with E-state index in [2.05, 4.69) is 6.92 Å². The van der Waals surface area contributed by atoms with Crippen molar-refractivity contribution >= 4 is 5.91 Å². The summed E-state index contributed by atoms with van der Waals surface area (Å²) in [6, 6.07) is 5.32. The molecule has 1 heterocycles. The summed E-state index contributed by atoms with van der Waals surface area (Å²) in [5.41, 5.74) is 0.609. The Balaban J connectivity index is 2.18. The SMILES string of the molecule is COc1ccc(C(=O)N2CCC(C)CC2)c(OC)c1. The van der Waals surface area contributed by atoms with Gasteiger partial charge in [0.25, 0.3) is 5.91 Å². The second-order valence-electron chi connectivity index (χ2n) is 5.04. The molecule has 0 N–H and O–H groups in total. The van der Waals surface area contributed by atoms with E-state index in [0.717, 1.165) is 25.9 Å². The lowest BCUT2D eigenvalue weighted by atomic mass is 9.98. The zero-order valence-electron chi connectivity index (χ0n) is 11.8. The van der Waals surface area contributed by atoms with Gasteiger partial charge in [-0.15, -0.1) is 0 Å². The van der Waals surface area contributed by atoms with Gasteiger partial charge in [-0.2, -0.15) is 0 Å². The number of ether oxygens (including phenoxy) is 2. The molecule has 4 heteroatoms. The first kappa shape index (κ1) is 13.7. The van der Waals surface area contributed by atoms with Crippen LogP contribution in [0.4, 0.5) is 0 Å². The van der Waals surface area contributed by atoms with Crippen LogP contribution in [0.15, 0.2) is 18.2 Å². The number of carbonyl (C=O) groups is 1. The zero-order chi connectivity index (χ0) is 13.8. The van der Waals surface area contributed by atoms with E-state index in [-0.39, 0.29) is 5.91 Å². The quantitative estimate of drug-likeness (QED) is 0.841. The van der Waals surface area contributed by atoms with Gasteiger partial charge in [0.1, 0.15) is 11.5 Å². The van der Waals surface area contributed by atoms with Crippen LogP contribution in [0.5, 0.6) is 11.5 Å². The highest BCUT2D eigenvalue weighted by atomic mass is 16.5. The van der Waals surface area contributed by atoms with E-state index in [1.54, 1.807) is 32.4 Å². The molecule has 1 saturated heterocycles. The molecule has 0 saturated carbocycles. The van der Waals surface area contributed by atoms with Gasteiger partial charge in [0.2, 0.25) is 0 Å². The van der Waals surface area contributed by atoms with Crippen molar-refractivity contribution in [2.75, 3.05) is 27.3 Å². The van der Waals surface area contributed by atoms with Crippen molar-refractivity contribution < 1.29 is 14.3 Å². The Morgan fingerprint density at radius 2 is 1.89 bits per heavy atom. The predicted octanol–water partition coefficient (Wildman–Crippen LogP) is 2.58. The van der Waals surface area contributed by atoms with Crippen molar-refractivity contribution in [1.29, 1.82) is 0 Å². The lowest BCUT2D eigenvalue weighted by Crippen LogP contribution is -2.38. The van der Waals surface area contributed by atoms with Crippen LogP contribution >= 0.6 is 0 Å². The highest BCUT2D eigenvalue weighted by molar-refractivity contribution is 5.97. The normalized spacial score (nSPS) is 16.3. The monoisotopic (exact) mass is 263 g/mol. The van der Waals surface area contributed by atoms with Crippen LogP contribution < -0.4 is 9.47 Å². The Bertz CT molecular complexity index is 451. The molecule has 1 aliphatic heterocycles. The van der Waals surface area contributed by atoms with Crippen LogP contribution in [0, 0.1) is 5.92 Å². The van der Waals surface area contributed by atoms with E-state index in [9.17, 15) is 4.79 Å². The number of nitrogens with zero attached hydrogens (tertiary/aromatic N) is 1. The molecule has 1 fully saturated rings. The third-order valence-corrected chi connectivity index (χ3v) is 3.71. The molecule has 0 aromatic heterocycles. The van der Waals surface area contributed by atoms with Gasteiger partial charge in [-0.1, -0.05) is 6.92 Å². The van der Waals surface area contributed by atoms with Crippen LogP contribution in [-0.4, -0.2) is 38.1 Å². The molecule has 1 amide bonds. The topological polar surface area (TPSA) is 38.8 Å². The summed E-state index contributed by atoms with van der Waals surface area (Å²) in [6.07, 6.45) is 2.15. The molecule has 2 rings (SSSR count). The zero-order valence-corrected chi connectivity index (χ0v) is 11.8. The van der Waals surface area contributed by atoms with Crippen molar-refractivity contribution in [2.45, 2.75) is 19.8 Å². The fraction of sp³-hybridized carbons (Fsp3) is 0.533. The van der Waals surface area contributed by atoms with E-state index in [1.807, 2.05) is 4.90 Å². The summed E-state index contributed by atoms with van der Waals surface area (Å²) in [5, 5.41) is 0. The lowest BCUT2D eigenvalue weighted by Gasteiger charge is -2.30. The van der Waals surface area contributed by atoms with Crippen LogP contribution in [0.2, 0.25) is 0 Å². The molecule has 19 heavy (non-hydrogen) atoms. The standard InChI is InChI=1S/C15H21NO3/c1-11-6-8-16(9-7-11)15(17)13-5-4-12(18-2)10-14(13)19-3/h4-5,10-11H,6-9H2,1-3H3. The molecule has 1 aliphatic rings. The minimum atomic E-state index is 0.0476. The fourth-order valence-electron chi connectivity index (χ4n) is 2.36. The molecular weight excluding hydrogens is 242 g/mol. The highest BCUT2D eigenvalue weighted by Crippen LogP contribution is 2.27. The molecule has 1 aromatic rings. The van der Waals surface area contributed by atoms with E-state index >= 15 is 0 Å². The maximum absolute atomic E-state index is 12.5. The van der Waals surface area contributed by atoms with Gasteiger partial charge in [-0.25, -0.2) is 0 Å². The average molecular weight is 263 g/mol. The van der Waals surface area contributed by atoms with Gasteiger partial charge in [0.05, 0.1) is 19.8 Å². The van der Waals surface area contributed by atoms with Crippen LogP contribution in [-0.2, 0) is 0 Å². The van der Waals surface area contributed by atoms with Crippen LogP contribution in [0.25, 0.3) is 0 Å². The molecule has 0 atom stereocenters. The van der Waals surface area contributed by atoms with Gasteiger partial charge in [-0.3, -0.25) is 4.79 Å². The fourth-order valence-corrected chi connectivity index (χ4v) is 2.36. The van der Waals surface area contributed by atoms with E-state index in [0.29, 0.717) is 23.0 Å². The number of piperidine rings is 1. The number of hydrogen-bond donors (Lipinski definition) is 0. The lowest BCUT2D eigenvalue weighted by molar-refractivity contribution is 0.0694. The van der Waals surface area contributed by atoms with Gasteiger partial charge < -0.3 is 14.4 Å². The van der Waals surface area contributed by atoms with Gasteiger partial charge >= 0.3 is 0 Å². The molecule has 0 radical (unpaired) electrons. The number of methoxy groups -OCH3 is 2. The molecule has 0 spiro atoms. The molecular formula is C15H21NO3. The largest absolute Gasteiger partial charge is 0.497 e. The maximum atomic E-state index is 12.5. The Kier molecular flexibility index (Phi) is 4.30. The van der Waals surface area contributed by atoms with Crippen LogP contribution in [0.1, 0.15) is 30.1 Å². The summed E-state index contributed by atoms with van der Waals surface area (Å²) < 4.78 is 10.4. The Morgan fingerprint density at radius 1 is 1.21 bits per heavy atom. The van der Waals surface area contributed by atoms with Crippen molar-refractivity contribution in [1.82, 2.24) is 4.90 Å². The Morgan fingerprint density at radius 3 is 2.47 bits per heavy atom. The number of rotatable bonds is 3. The van der Waals surface area contributed by atoms with E-state index in [4.69, 9.17) is 9.47 Å². The third kappa shape index (κ3) is 3.00. The first-order valence-electron chi connectivity index (χ1n) is 6.67. The summed E-state index contributed by atoms with van der Waals surface area (Å²) in [5.74, 6) is 2.02. The predicted molar refractivity (Wildman–Crippen MR) is 73.8 cm³/mol. The maximum Gasteiger partial charge on any atom is 0.257 e. The highest BCUT2D eigenvalue weighted by Gasteiger charge is 2.23. The molecule has 1 aromatic carbocycles. The van der Waals surface area contributed by atoms with Crippen LogP contribution in [0.3, 0.4) is 0 Å². The third-order valence-electron chi connectivity index (χ3n) is 3.71. The summed E-state index contributed by atoms with van der Waals surface area (Å²) in [7, 11) is 3.17. The summed E-state index contributed by atoms with van der Waals surface area (Å²) in [4.78, 5) is 14.4. The van der Waals surface area contributed by atoms with Crippen molar-refractivity contribution in [2.24, 2.45) is 5.92 Å². The molecule has 0 unspecified atom stereocenters. The molecule has 4 nitrogen and oxygen atoms in total. The number of carbonyl (C=O) groups excluding carboxylic acids is 1. The average Bonchev–Trinajstić information content (AvgIpc) is 2.46. The minimum Gasteiger partial charge on any atom is -0.497 e. The Labute approximate surface area is 114 Å². The Hall–Kier alpha value is -1.71. The molecule has 0 aliphatic carbocycles. The van der Waals surface area contributed by atoms with Crippen molar-refractivity contribution in [3.05, 3.63) is 23.8 Å². The second-order valence-corrected chi connectivity index (χ2v) is 5.04. The smallest absolute Gasteiger partial charge is 0.257 e. The second kappa shape index (κ2) is 5.95. The number of amides is 1. The molecule has 0 bridgehead atoms. The molecule has 104 valence electrons. The number of likely N-dealkylation sites (tertiary alicyclic amines) is 1. The summed E-state index contributed by atoms with van der Waals surface area (Å²) in [6.45, 7) is 3.89. The van der Waals surface area contributed by atoms with Gasteiger partial charge in [-0.05, 0) is 30.9 Å². The van der Waals surface area contributed by atoms with Gasteiger partial charge in [0.15, 0.2) is 0 Å². The van der Waals surface area contributed by atoms with Crippen molar-refractivity contribution in [3.8, 4) is 11.5 Å². The summed E-state index contributed by atoms with van der Waals surface area (Å²) >= 11 is 0. The minimum absolute atomic E-state index is 0.0476. The first-order chi connectivity index (χ1) is 9.15. The first-order valence-corrected chi connectivity index (χ1v) is 6.67.